The predicted octanol–water partition coefficient (Wildman–Crippen LogP) is 4.98. The van der Waals surface area contributed by atoms with E-state index >= 15 is 0 Å². The Morgan fingerprint density at radius 1 is 1.06 bits per heavy atom. The van der Waals surface area contributed by atoms with Crippen molar-refractivity contribution in [3.63, 3.8) is 0 Å². The molecule has 0 saturated heterocycles. The van der Waals surface area contributed by atoms with Gasteiger partial charge >= 0.3 is 6.18 Å². The Morgan fingerprint density at radius 2 is 1.71 bits per heavy atom. The normalized spacial score (nSPS) is 22.4. The summed E-state index contributed by atoms with van der Waals surface area (Å²) >= 11 is 0. The van der Waals surface area contributed by atoms with E-state index in [1.807, 2.05) is 0 Å². The monoisotopic (exact) mass is 497 g/mol. The molecule has 0 unspecified atom stereocenters. The van der Waals surface area contributed by atoms with Crippen LogP contribution < -0.4 is 9.46 Å². The third-order valence-electron chi connectivity index (χ3n) is 6.33. The highest BCUT2D eigenvalue weighted by molar-refractivity contribution is 7.89. The minimum atomic E-state index is -5.20. The lowest BCUT2D eigenvalue weighted by Crippen LogP contribution is -2.60. The van der Waals surface area contributed by atoms with Gasteiger partial charge in [-0.3, -0.25) is 0 Å². The van der Waals surface area contributed by atoms with Crippen LogP contribution in [0.4, 0.5) is 17.6 Å². The summed E-state index contributed by atoms with van der Waals surface area (Å²) in [7, 11) is -3.40. The van der Waals surface area contributed by atoms with Gasteiger partial charge in [0, 0.05) is 10.9 Å². The molecule has 0 aliphatic heterocycles. The molecule has 0 amide bonds. The Balaban J connectivity index is 1.96. The fourth-order valence-corrected chi connectivity index (χ4v) is 6.40. The van der Waals surface area contributed by atoms with Gasteiger partial charge in [0.25, 0.3) is 0 Å². The van der Waals surface area contributed by atoms with E-state index in [1.165, 1.54) is 39.2 Å². The molecule has 2 atom stereocenters. The van der Waals surface area contributed by atoms with Crippen LogP contribution in [-0.2, 0) is 15.4 Å². The zero-order valence-corrected chi connectivity index (χ0v) is 19.4. The van der Waals surface area contributed by atoms with Crippen LogP contribution in [0.3, 0.4) is 0 Å². The first-order chi connectivity index (χ1) is 15.7. The number of alkyl halides is 3. The summed E-state index contributed by atoms with van der Waals surface area (Å²) in [6.07, 6.45) is -6.12. The van der Waals surface area contributed by atoms with Crippen LogP contribution in [-0.4, -0.2) is 32.4 Å². The van der Waals surface area contributed by atoms with Gasteiger partial charge in [0.2, 0.25) is 10.0 Å². The average molecular weight is 498 g/mol. The first kappa shape index (κ1) is 24.4. The number of benzene rings is 3. The molecule has 5 nitrogen and oxygen atoms in total. The number of aliphatic hydroxyl groups is 1. The molecular weight excluding hydrogens is 474 g/mol. The number of nitrogens with one attached hydrogen (secondary N) is 1. The van der Waals surface area contributed by atoms with E-state index in [4.69, 9.17) is 4.74 Å². The number of sulfonamides is 1. The lowest BCUT2D eigenvalue weighted by atomic mass is 9.63. The lowest BCUT2D eigenvalue weighted by Gasteiger charge is -2.48. The van der Waals surface area contributed by atoms with Gasteiger partial charge in [0.1, 0.15) is 0 Å². The fraction of sp³-hybridized carbons (Fsp3) is 0.333. The van der Waals surface area contributed by atoms with Crippen LogP contribution in [0, 0.1) is 5.82 Å². The molecule has 4 rings (SSSR count). The van der Waals surface area contributed by atoms with Gasteiger partial charge in [0.05, 0.1) is 18.0 Å². The molecule has 3 aromatic rings. The van der Waals surface area contributed by atoms with E-state index in [0.717, 1.165) is 12.1 Å². The molecule has 0 bridgehead atoms. The maximum absolute atomic E-state index is 14.5. The summed E-state index contributed by atoms with van der Waals surface area (Å²) in [5.74, 6) is -1.09. The third kappa shape index (κ3) is 3.73. The number of rotatable bonds is 4. The van der Waals surface area contributed by atoms with E-state index in [0.29, 0.717) is 10.8 Å². The zero-order valence-electron chi connectivity index (χ0n) is 18.6. The van der Waals surface area contributed by atoms with E-state index in [-0.39, 0.29) is 21.8 Å². The van der Waals surface area contributed by atoms with E-state index in [1.54, 1.807) is 24.3 Å². The van der Waals surface area contributed by atoms with Crippen molar-refractivity contribution in [2.45, 2.75) is 48.4 Å². The summed E-state index contributed by atoms with van der Waals surface area (Å²) < 4.78 is 91.5. The van der Waals surface area contributed by atoms with Crippen molar-refractivity contribution in [3.05, 3.63) is 71.5 Å². The van der Waals surface area contributed by atoms with Gasteiger partial charge < -0.3 is 9.84 Å². The number of hydrogen-bond donors (Lipinski definition) is 2. The van der Waals surface area contributed by atoms with Gasteiger partial charge in [-0.05, 0) is 34.9 Å². The van der Waals surface area contributed by atoms with Crippen LogP contribution in [0.1, 0.15) is 37.4 Å². The molecule has 0 fully saturated rings. The topological polar surface area (TPSA) is 75.6 Å². The van der Waals surface area contributed by atoms with Crippen molar-refractivity contribution in [3.8, 4) is 5.75 Å². The average Bonchev–Trinajstić information content (AvgIpc) is 2.75. The molecular formula is C24H23F4NO4S. The van der Waals surface area contributed by atoms with E-state index in [9.17, 15) is 31.1 Å². The Kier molecular flexibility index (Phi) is 5.70. The van der Waals surface area contributed by atoms with Gasteiger partial charge in [-0.2, -0.15) is 13.2 Å². The molecule has 1 aliphatic carbocycles. The molecule has 0 radical (unpaired) electrons. The molecule has 34 heavy (non-hydrogen) atoms. The standard InChI is InChI=1S/C24H23F4NO4S/c1-22(2)13-23(30,24(26,27)28)21(16-11-12-17(25)20(33-3)19(16)22)29-34(31,32)18-10-6-8-14-7-4-5-9-15(14)18/h4-12,21,29-30H,13H2,1-3H3/t21-,23+/m1/s1. The van der Waals surface area contributed by atoms with Crippen LogP contribution >= 0.6 is 0 Å². The summed E-state index contributed by atoms with van der Waals surface area (Å²) in [5, 5.41) is 11.9. The predicted molar refractivity (Wildman–Crippen MR) is 119 cm³/mol. The van der Waals surface area contributed by atoms with Crippen LogP contribution in [0.5, 0.6) is 5.75 Å². The Morgan fingerprint density at radius 3 is 2.35 bits per heavy atom. The highest BCUT2D eigenvalue weighted by atomic mass is 32.2. The number of ether oxygens (including phenoxy) is 1. The molecule has 3 aromatic carbocycles. The molecule has 0 aromatic heterocycles. The number of hydrogen-bond acceptors (Lipinski definition) is 4. The molecule has 2 N–H and O–H groups in total. The molecule has 0 saturated carbocycles. The summed E-state index contributed by atoms with van der Waals surface area (Å²) in [6.45, 7) is 2.83. The number of methoxy groups -OCH3 is 1. The molecule has 0 heterocycles. The summed E-state index contributed by atoms with van der Waals surface area (Å²) in [6, 6.07) is 10.8. The highest BCUT2D eigenvalue weighted by Crippen LogP contribution is 2.56. The fourth-order valence-electron chi connectivity index (χ4n) is 4.91. The van der Waals surface area contributed by atoms with Crippen LogP contribution in [0.25, 0.3) is 10.8 Å². The Labute approximate surface area is 194 Å². The minimum Gasteiger partial charge on any atom is -0.493 e. The van der Waals surface area contributed by atoms with Crippen molar-refractivity contribution in [2.75, 3.05) is 7.11 Å². The van der Waals surface area contributed by atoms with Crippen molar-refractivity contribution in [1.82, 2.24) is 4.72 Å². The molecule has 182 valence electrons. The van der Waals surface area contributed by atoms with E-state index in [2.05, 4.69) is 4.72 Å². The van der Waals surface area contributed by atoms with Crippen LogP contribution in [0.2, 0.25) is 0 Å². The van der Waals surface area contributed by atoms with Gasteiger partial charge in [0.15, 0.2) is 17.2 Å². The number of fused-ring (bicyclic) bond motifs is 2. The maximum Gasteiger partial charge on any atom is 0.419 e. The summed E-state index contributed by atoms with van der Waals surface area (Å²) in [5.41, 5.74) is -5.01. The smallest absolute Gasteiger partial charge is 0.419 e. The summed E-state index contributed by atoms with van der Waals surface area (Å²) in [4.78, 5) is -0.240. The van der Waals surface area contributed by atoms with E-state index < -0.39 is 45.5 Å². The Bertz CT molecular complexity index is 1370. The van der Waals surface area contributed by atoms with Crippen LogP contribution in [0.15, 0.2) is 59.5 Å². The second kappa shape index (κ2) is 7.93. The number of halogens is 4. The SMILES string of the molecule is COc1c(F)ccc2c1C(C)(C)C[C@@](O)(C(F)(F)F)[C@@H]2NS(=O)(=O)c1cccc2ccccc12. The second-order valence-corrected chi connectivity index (χ2v) is 10.7. The largest absolute Gasteiger partial charge is 0.493 e. The first-order valence-corrected chi connectivity index (χ1v) is 11.9. The zero-order chi connectivity index (χ0) is 25.1. The highest BCUT2D eigenvalue weighted by Gasteiger charge is 2.65. The van der Waals surface area contributed by atoms with Gasteiger partial charge in [-0.1, -0.05) is 56.3 Å². The molecule has 1 aliphatic rings. The minimum absolute atomic E-state index is 0.0644. The van der Waals surface area contributed by atoms with Crippen molar-refractivity contribution in [1.29, 1.82) is 0 Å². The first-order valence-electron chi connectivity index (χ1n) is 10.4. The Hall–Kier alpha value is -2.69. The quantitative estimate of drug-likeness (QED) is 0.499. The van der Waals surface area contributed by atoms with Gasteiger partial charge in [-0.15, -0.1) is 0 Å². The van der Waals surface area contributed by atoms with Crippen molar-refractivity contribution in [2.24, 2.45) is 0 Å². The van der Waals surface area contributed by atoms with Gasteiger partial charge in [-0.25, -0.2) is 17.5 Å². The van der Waals surface area contributed by atoms with Crippen molar-refractivity contribution >= 4 is 20.8 Å². The second-order valence-electron chi connectivity index (χ2n) is 9.06. The van der Waals surface area contributed by atoms with Crippen molar-refractivity contribution < 1.29 is 35.8 Å². The molecule has 10 heteroatoms. The maximum atomic E-state index is 14.5. The lowest BCUT2D eigenvalue weighted by molar-refractivity contribution is -0.279. The third-order valence-corrected chi connectivity index (χ3v) is 7.81. The molecule has 0 spiro atoms.